The fourth-order valence-corrected chi connectivity index (χ4v) is 6.11. The molecule has 0 saturated heterocycles. The van der Waals surface area contributed by atoms with Crippen molar-refractivity contribution in [3.8, 4) is 0 Å². The summed E-state index contributed by atoms with van der Waals surface area (Å²) < 4.78 is 5.94. The van der Waals surface area contributed by atoms with E-state index in [0.29, 0.717) is 5.92 Å². The number of hydrogen-bond donors (Lipinski definition) is 0. The van der Waals surface area contributed by atoms with Gasteiger partial charge in [-0.2, -0.15) is 0 Å². The summed E-state index contributed by atoms with van der Waals surface area (Å²) in [6.07, 6.45) is 16.9. The van der Waals surface area contributed by atoms with Gasteiger partial charge in [0.15, 0.2) is 0 Å². The van der Waals surface area contributed by atoms with E-state index in [0.717, 1.165) is 29.6 Å². The minimum Gasteiger partial charge on any atom is -0.453 e. The number of rotatable bonds is 9. The van der Waals surface area contributed by atoms with Gasteiger partial charge in [-0.25, -0.2) is 0 Å². The third kappa shape index (κ3) is 8.44. The molecule has 36 heavy (non-hydrogen) atoms. The van der Waals surface area contributed by atoms with Crippen molar-refractivity contribution in [3.63, 3.8) is 0 Å². The maximum absolute atomic E-state index is 13.3. The molecule has 2 saturated carbocycles. The van der Waals surface area contributed by atoms with Crippen molar-refractivity contribution in [1.29, 1.82) is 0 Å². The summed E-state index contributed by atoms with van der Waals surface area (Å²) in [5.41, 5.74) is 2.75. The standard InChI is InChI=1S/C27H28O2P.C5H5.Fe/c1-5-20(3)26(21(4)6-2)29-27(28)24-18-13-19-25(24)30(22-14-9-7-10-15-22)23-16-11-8-12-17-23;1-2-4-5-3-1;/h7-19,26H,3-6H2,1-2H3;1-5H;. The third-order valence-electron chi connectivity index (χ3n) is 5.71. The summed E-state index contributed by atoms with van der Waals surface area (Å²) in [7, 11) is -0.871. The van der Waals surface area contributed by atoms with E-state index in [1.165, 1.54) is 10.6 Å². The molecule has 2 aliphatic carbocycles. The number of esters is 1. The molecule has 0 amide bonds. The van der Waals surface area contributed by atoms with Gasteiger partial charge in [0.25, 0.3) is 0 Å². The van der Waals surface area contributed by atoms with E-state index in [-0.39, 0.29) is 23.0 Å². The quantitative estimate of drug-likeness (QED) is 0.154. The zero-order chi connectivity index (χ0) is 25.0. The Morgan fingerprint density at radius 1 is 0.750 bits per heavy atom. The second kappa shape index (κ2) is 16.2. The molecule has 0 atom stereocenters. The molecule has 186 valence electrons. The fraction of sp³-hybridized carbons (Fsp3) is 0.156. The molecule has 0 bridgehead atoms. The molecule has 0 N–H and O–H groups in total. The van der Waals surface area contributed by atoms with Gasteiger partial charge in [-0.3, -0.25) is 4.79 Å². The maximum Gasteiger partial charge on any atom is 0.315 e. The van der Waals surface area contributed by atoms with Gasteiger partial charge in [-0.1, -0.05) is 87.7 Å². The summed E-state index contributed by atoms with van der Waals surface area (Å²) >= 11 is 0. The number of ether oxygens (including phenoxy) is 1. The zero-order valence-corrected chi connectivity index (χ0v) is 22.9. The Morgan fingerprint density at radius 2 is 1.19 bits per heavy atom. The van der Waals surface area contributed by atoms with Crippen molar-refractivity contribution in [2.45, 2.75) is 32.8 Å². The molecular formula is C32H33FeO2P. The van der Waals surface area contributed by atoms with Crippen molar-refractivity contribution in [2.24, 2.45) is 0 Å². The Morgan fingerprint density at radius 3 is 1.61 bits per heavy atom. The van der Waals surface area contributed by atoms with E-state index < -0.39 is 14.0 Å². The summed E-state index contributed by atoms with van der Waals surface area (Å²) in [6, 6.07) is 20.7. The van der Waals surface area contributed by atoms with E-state index in [9.17, 15) is 4.79 Å². The molecule has 2 aliphatic rings. The largest absolute Gasteiger partial charge is 0.453 e. The molecule has 0 heterocycles. The van der Waals surface area contributed by atoms with E-state index in [4.69, 9.17) is 4.74 Å². The Hall–Kier alpha value is -1.66. The molecule has 0 aliphatic heterocycles. The van der Waals surface area contributed by atoms with Crippen molar-refractivity contribution in [1.82, 2.24) is 0 Å². The summed E-state index contributed by atoms with van der Waals surface area (Å²) in [5.74, 6) is 0.301. The number of benzene rings is 2. The third-order valence-corrected chi connectivity index (χ3v) is 8.21. The van der Waals surface area contributed by atoms with Crippen LogP contribution in [-0.2, 0) is 26.6 Å². The van der Waals surface area contributed by atoms with Crippen LogP contribution in [0.5, 0.6) is 0 Å². The second-order valence-electron chi connectivity index (χ2n) is 8.10. The van der Waals surface area contributed by atoms with Crippen LogP contribution in [0.25, 0.3) is 0 Å². The van der Waals surface area contributed by atoms with Crippen LogP contribution in [0, 0.1) is 62.9 Å². The van der Waals surface area contributed by atoms with Crippen LogP contribution in [0.15, 0.2) is 85.0 Å². The molecule has 4 rings (SSSR count). The Labute approximate surface area is 231 Å². The minimum atomic E-state index is -0.871. The van der Waals surface area contributed by atoms with Crippen LogP contribution < -0.4 is 10.6 Å². The first-order valence-corrected chi connectivity index (χ1v) is 13.3. The molecular weight excluding hydrogens is 503 g/mol. The first-order chi connectivity index (χ1) is 17.1. The molecule has 2 aromatic carbocycles. The average molecular weight is 536 g/mol. The van der Waals surface area contributed by atoms with Crippen LogP contribution in [0.4, 0.5) is 0 Å². The van der Waals surface area contributed by atoms with Crippen LogP contribution in [0.1, 0.15) is 26.7 Å². The Kier molecular flexibility index (Phi) is 13.8. The van der Waals surface area contributed by atoms with Crippen molar-refractivity contribution < 1.29 is 26.6 Å². The number of carbonyl (C=O) groups excluding carboxylic acids is 1. The van der Waals surface area contributed by atoms with Gasteiger partial charge in [-0.15, -0.1) is 0 Å². The molecule has 2 nitrogen and oxygen atoms in total. The Balaban J connectivity index is 0.000000678. The summed E-state index contributed by atoms with van der Waals surface area (Å²) in [5, 5.41) is 2.40. The second-order valence-corrected chi connectivity index (χ2v) is 10.3. The predicted octanol–water partition coefficient (Wildman–Crippen LogP) is 6.72. The van der Waals surface area contributed by atoms with Crippen LogP contribution in [0.2, 0.25) is 0 Å². The van der Waals surface area contributed by atoms with Gasteiger partial charge in [0.1, 0.15) is 12.0 Å². The van der Waals surface area contributed by atoms with Crippen LogP contribution >= 0.6 is 7.92 Å². The molecule has 10 radical (unpaired) electrons. The molecule has 2 fully saturated rings. The minimum absolute atomic E-state index is 0. The normalized spacial score (nSPS) is 15.8. The molecule has 0 spiro atoms. The molecule has 2 aromatic rings. The molecule has 4 heteroatoms. The summed E-state index contributed by atoms with van der Waals surface area (Å²) in [6.45, 7) is 12.2. The van der Waals surface area contributed by atoms with E-state index in [1.54, 1.807) is 0 Å². The average Bonchev–Trinajstić information content (AvgIpc) is 3.64. The van der Waals surface area contributed by atoms with E-state index in [1.807, 2.05) is 102 Å². The smallest absolute Gasteiger partial charge is 0.315 e. The van der Waals surface area contributed by atoms with Gasteiger partial charge < -0.3 is 4.74 Å². The topological polar surface area (TPSA) is 26.3 Å². The summed E-state index contributed by atoms with van der Waals surface area (Å²) in [4.78, 5) is 13.3. The van der Waals surface area contributed by atoms with Gasteiger partial charge >= 0.3 is 5.97 Å². The molecule has 0 unspecified atom stereocenters. The van der Waals surface area contributed by atoms with E-state index >= 15 is 0 Å². The van der Waals surface area contributed by atoms with Gasteiger partial charge in [-0.05, 0) is 93.9 Å². The maximum atomic E-state index is 13.3. The first kappa shape index (κ1) is 30.6. The van der Waals surface area contributed by atoms with Gasteiger partial charge in [0.2, 0.25) is 0 Å². The predicted molar refractivity (Wildman–Crippen MR) is 149 cm³/mol. The first-order valence-electron chi connectivity index (χ1n) is 12.0. The van der Waals surface area contributed by atoms with Crippen molar-refractivity contribution >= 4 is 24.5 Å². The fourth-order valence-electron chi connectivity index (χ4n) is 3.68. The molecule has 0 aromatic heterocycles. The van der Waals surface area contributed by atoms with Gasteiger partial charge in [0.05, 0.1) is 0 Å². The monoisotopic (exact) mass is 536 g/mol. The number of carbonyl (C=O) groups is 1. The Bertz CT molecular complexity index is 876. The number of hydrogen-bond acceptors (Lipinski definition) is 2. The van der Waals surface area contributed by atoms with Gasteiger partial charge in [0, 0.05) is 22.7 Å². The van der Waals surface area contributed by atoms with Crippen LogP contribution in [-0.4, -0.2) is 12.1 Å². The zero-order valence-electron chi connectivity index (χ0n) is 20.9. The van der Waals surface area contributed by atoms with E-state index in [2.05, 4.69) is 37.4 Å². The van der Waals surface area contributed by atoms with Crippen molar-refractivity contribution in [3.05, 3.63) is 148 Å². The van der Waals surface area contributed by atoms with Crippen LogP contribution in [0.3, 0.4) is 0 Å². The SMILES string of the molecule is C=C(CC)C(OC(=O)[C]1[CH][CH][CH][C]1P(c1ccccc1)c1ccccc1)C(=C)CC.[CH]1[CH][CH][CH][CH]1.[Fe]. The van der Waals surface area contributed by atoms with Crippen molar-refractivity contribution in [2.75, 3.05) is 0 Å².